The first-order valence-corrected chi connectivity index (χ1v) is 8.94. The third kappa shape index (κ3) is 3.98. The largest absolute Gasteiger partial charge is 0.389 e. The number of thiocarbonyl (C=S) groups is 1. The van der Waals surface area contributed by atoms with Gasteiger partial charge in [0.2, 0.25) is 10.0 Å². The van der Waals surface area contributed by atoms with Crippen molar-refractivity contribution in [2.24, 2.45) is 5.73 Å². The van der Waals surface area contributed by atoms with E-state index in [-0.39, 0.29) is 21.5 Å². The standard InChI is InChI=1S/C12H12ClN3O2S3/c1-7-16-9(6-20-7)5-15-21(17,18)11-3-2-8(12(14)19)4-10(11)13/h2-4,6,15H,5H2,1H3,(H2,14,19). The Labute approximate surface area is 137 Å². The number of hydrogen-bond acceptors (Lipinski definition) is 5. The van der Waals surface area contributed by atoms with Gasteiger partial charge in [-0.25, -0.2) is 18.1 Å². The second kappa shape index (κ2) is 6.37. The van der Waals surface area contributed by atoms with E-state index in [0.29, 0.717) is 11.3 Å². The van der Waals surface area contributed by atoms with Crippen molar-refractivity contribution in [3.63, 3.8) is 0 Å². The highest BCUT2D eigenvalue weighted by Gasteiger charge is 2.18. The Morgan fingerprint density at radius 1 is 1.52 bits per heavy atom. The van der Waals surface area contributed by atoms with Gasteiger partial charge in [0.25, 0.3) is 0 Å². The van der Waals surface area contributed by atoms with E-state index in [4.69, 9.17) is 29.6 Å². The number of nitrogens with one attached hydrogen (secondary N) is 1. The fourth-order valence-corrected chi connectivity index (χ4v) is 3.89. The van der Waals surface area contributed by atoms with Crippen LogP contribution in [0.3, 0.4) is 0 Å². The number of aryl methyl sites for hydroxylation is 1. The predicted octanol–water partition coefficient (Wildman–Crippen LogP) is 2.22. The van der Waals surface area contributed by atoms with Gasteiger partial charge in [-0.15, -0.1) is 11.3 Å². The molecular weight excluding hydrogens is 350 g/mol. The minimum atomic E-state index is -3.72. The average Bonchev–Trinajstić information content (AvgIpc) is 2.82. The predicted molar refractivity (Wildman–Crippen MR) is 88.2 cm³/mol. The molecule has 1 aromatic carbocycles. The third-order valence-corrected chi connectivity index (χ3v) is 5.56. The number of hydrogen-bond donors (Lipinski definition) is 2. The highest BCUT2D eigenvalue weighted by atomic mass is 35.5. The van der Waals surface area contributed by atoms with Gasteiger partial charge in [0.05, 0.1) is 22.3 Å². The summed E-state index contributed by atoms with van der Waals surface area (Å²) in [7, 11) is -3.72. The normalized spacial score (nSPS) is 11.5. The number of thiazole rings is 1. The fourth-order valence-electron chi connectivity index (χ4n) is 1.61. The summed E-state index contributed by atoms with van der Waals surface area (Å²) in [6.07, 6.45) is 0. The monoisotopic (exact) mass is 361 g/mol. The molecule has 0 radical (unpaired) electrons. The van der Waals surface area contributed by atoms with E-state index in [2.05, 4.69) is 9.71 Å². The molecule has 0 saturated heterocycles. The van der Waals surface area contributed by atoms with Crippen molar-refractivity contribution in [1.29, 1.82) is 0 Å². The molecule has 9 heteroatoms. The van der Waals surface area contributed by atoms with Crippen LogP contribution in [-0.2, 0) is 16.6 Å². The molecule has 0 aliphatic rings. The highest BCUT2D eigenvalue weighted by molar-refractivity contribution is 7.89. The van der Waals surface area contributed by atoms with Gasteiger partial charge in [-0.1, -0.05) is 29.9 Å². The second-order valence-corrected chi connectivity index (χ2v) is 7.84. The molecule has 0 amide bonds. The lowest BCUT2D eigenvalue weighted by atomic mass is 10.2. The first kappa shape index (κ1) is 16.3. The van der Waals surface area contributed by atoms with Crippen LogP contribution < -0.4 is 10.5 Å². The maximum absolute atomic E-state index is 12.2. The molecule has 0 aliphatic carbocycles. The van der Waals surface area contributed by atoms with Crippen LogP contribution in [0.2, 0.25) is 5.02 Å². The van der Waals surface area contributed by atoms with Gasteiger partial charge in [-0.05, 0) is 19.1 Å². The zero-order valence-corrected chi connectivity index (χ0v) is 14.2. The molecule has 5 nitrogen and oxygen atoms in total. The van der Waals surface area contributed by atoms with E-state index < -0.39 is 10.0 Å². The van der Waals surface area contributed by atoms with E-state index in [1.54, 1.807) is 5.38 Å². The van der Waals surface area contributed by atoms with E-state index in [0.717, 1.165) is 5.01 Å². The molecule has 0 aliphatic heterocycles. The summed E-state index contributed by atoms with van der Waals surface area (Å²) < 4.78 is 26.9. The highest BCUT2D eigenvalue weighted by Crippen LogP contribution is 2.23. The van der Waals surface area contributed by atoms with Crippen LogP contribution in [0.4, 0.5) is 0 Å². The van der Waals surface area contributed by atoms with Gasteiger partial charge in [0.15, 0.2) is 0 Å². The van der Waals surface area contributed by atoms with Crippen LogP contribution in [0.25, 0.3) is 0 Å². The van der Waals surface area contributed by atoms with Crippen molar-refractivity contribution in [2.75, 3.05) is 0 Å². The minimum Gasteiger partial charge on any atom is -0.389 e. The zero-order valence-electron chi connectivity index (χ0n) is 11.0. The van der Waals surface area contributed by atoms with E-state index >= 15 is 0 Å². The van der Waals surface area contributed by atoms with Gasteiger partial charge >= 0.3 is 0 Å². The van der Waals surface area contributed by atoms with Crippen LogP contribution in [0.5, 0.6) is 0 Å². The van der Waals surface area contributed by atoms with E-state index in [1.165, 1.54) is 29.5 Å². The smallest absolute Gasteiger partial charge is 0.242 e. The molecule has 0 unspecified atom stereocenters. The number of sulfonamides is 1. The van der Waals surface area contributed by atoms with Gasteiger partial charge in [0, 0.05) is 10.9 Å². The summed E-state index contributed by atoms with van der Waals surface area (Å²) in [6, 6.07) is 4.34. The van der Waals surface area contributed by atoms with Gasteiger partial charge in [-0.2, -0.15) is 0 Å². The topological polar surface area (TPSA) is 85.1 Å². The van der Waals surface area contributed by atoms with Crippen LogP contribution in [0, 0.1) is 6.92 Å². The van der Waals surface area contributed by atoms with Crippen LogP contribution in [0.1, 0.15) is 16.3 Å². The fraction of sp³-hybridized carbons (Fsp3) is 0.167. The summed E-state index contributed by atoms with van der Waals surface area (Å²) in [6.45, 7) is 1.97. The third-order valence-electron chi connectivity index (χ3n) is 2.62. The molecule has 0 fully saturated rings. The van der Waals surface area contributed by atoms with Crippen LogP contribution in [-0.4, -0.2) is 18.4 Å². The van der Waals surface area contributed by atoms with Crippen molar-refractivity contribution in [3.05, 3.63) is 44.9 Å². The molecular formula is C12H12ClN3O2S3. The lowest BCUT2D eigenvalue weighted by Crippen LogP contribution is -2.24. The number of rotatable bonds is 5. The molecule has 21 heavy (non-hydrogen) atoms. The van der Waals surface area contributed by atoms with Gasteiger partial charge in [-0.3, -0.25) is 0 Å². The van der Waals surface area contributed by atoms with Crippen LogP contribution in [0.15, 0.2) is 28.5 Å². The number of nitrogens with two attached hydrogens (primary N) is 1. The van der Waals surface area contributed by atoms with E-state index in [9.17, 15) is 8.42 Å². The Balaban J connectivity index is 2.21. The summed E-state index contributed by atoms with van der Waals surface area (Å²) in [4.78, 5) is 4.33. The number of benzene rings is 1. The number of aromatic nitrogens is 1. The number of nitrogens with zero attached hydrogens (tertiary/aromatic N) is 1. The Morgan fingerprint density at radius 3 is 2.76 bits per heavy atom. The van der Waals surface area contributed by atoms with Crippen molar-refractivity contribution < 1.29 is 8.42 Å². The molecule has 0 bridgehead atoms. The molecule has 3 N–H and O–H groups in total. The Hall–Kier alpha value is -1.06. The maximum Gasteiger partial charge on any atom is 0.242 e. The second-order valence-electron chi connectivity index (χ2n) is 4.19. The molecule has 112 valence electrons. The summed E-state index contributed by atoms with van der Waals surface area (Å²) in [5.41, 5.74) is 6.66. The molecule has 0 spiro atoms. The number of halogens is 1. The minimum absolute atomic E-state index is 0.0175. The molecule has 2 aromatic rings. The quantitative estimate of drug-likeness (QED) is 0.797. The van der Waals surface area contributed by atoms with Crippen LogP contribution >= 0.6 is 35.2 Å². The maximum atomic E-state index is 12.2. The lowest BCUT2D eigenvalue weighted by Gasteiger charge is -2.08. The lowest BCUT2D eigenvalue weighted by molar-refractivity contribution is 0.580. The van der Waals surface area contributed by atoms with Crippen molar-refractivity contribution in [1.82, 2.24) is 9.71 Å². The van der Waals surface area contributed by atoms with Gasteiger partial charge in [0.1, 0.15) is 9.88 Å². The molecule has 1 heterocycles. The first-order chi connectivity index (χ1) is 9.79. The summed E-state index contributed by atoms with van der Waals surface area (Å²) in [5.74, 6) is 0. The van der Waals surface area contributed by atoms with Crippen molar-refractivity contribution in [3.8, 4) is 0 Å². The SMILES string of the molecule is Cc1nc(CNS(=O)(=O)c2ccc(C(N)=S)cc2Cl)cs1. The Morgan fingerprint density at radius 2 is 2.24 bits per heavy atom. The Bertz CT molecular complexity index is 787. The molecule has 1 aromatic heterocycles. The summed E-state index contributed by atoms with van der Waals surface area (Å²) >= 11 is 12.3. The van der Waals surface area contributed by atoms with Gasteiger partial charge < -0.3 is 5.73 Å². The zero-order chi connectivity index (χ0) is 15.6. The summed E-state index contributed by atoms with van der Waals surface area (Å²) in [5, 5.41) is 2.75. The average molecular weight is 362 g/mol. The Kier molecular flexibility index (Phi) is 4.95. The van der Waals surface area contributed by atoms with Crippen molar-refractivity contribution in [2.45, 2.75) is 18.4 Å². The molecule has 0 atom stereocenters. The first-order valence-electron chi connectivity index (χ1n) is 5.79. The van der Waals surface area contributed by atoms with E-state index in [1.807, 2.05) is 6.92 Å². The molecule has 2 rings (SSSR count). The van der Waals surface area contributed by atoms with Crippen molar-refractivity contribution >= 4 is 50.2 Å². The molecule has 0 saturated carbocycles.